The van der Waals surface area contributed by atoms with Crippen molar-refractivity contribution in [2.75, 3.05) is 19.6 Å². The number of carboxylic acid groups (broad SMARTS) is 1. The molecule has 0 aliphatic carbocycles. The number of carbonyl (C=O) groups excluding carboxylic acids is 2. The molecule has 1 unspecified atom stereocenters. The Morgan fingerprint density at radius 3 is 2.47 bits per heavy atom. The monoisotopic (exact) mass is 241 g/mol. The van der Waals surface area contributed by atoms with Gasteiger partial charge < -0.3 is 16.2 Å². The number of hydrogen-bond acceptors (Lipinski definition) is 4. The van der Waals surface area contributed by atoms with Gasteiger partial charge in [-0.1, -0.05) is 5.92 Å². The zero-order valence-electron chi connectivity index (χ0n) is 9.47. The van der Waals surface area contributed by atoms with Gasteiger partial charge in [0.25, 0.3) is 0 Å². The number of primary amides is 1. The summed E-state index contributed by atoms with van der Waals surface area (Å²) < 4.78 is 0. The molecule has 0 aromatic carbocycles. The number of terminal acetylenes is 1. The molecule has 7 heteroatoms. The standard InChI is InChI=1S/C10H15N3O4/c1-3-4-12-10(17)7(2)13(5-8(11)14)6-9(15)16/h1,7H,4-6H2,2H3,(H2,11,14)(H,12,17)(H,15,16). The van der Waals surface area contributed by atoms with E-state index in [-0.39, 0.29) is 13.1 Å². The Kier molecular flexibility index (Phi) is 6.36. The van der Waals surface area contributed by atoms with Gasteiger partial charge in [0, 0.05) is 0 Å². The minimum Gasteiger partial charge on any atom is -0.480 e. The molecule has 7 nitrogen and oxygen atoms in total. The maximum atomic E-state index is 11.5. The second-order valence-corrected chi connectivity index (χ2v) is 3.36. The van der Waals surface area contributed by atoms with Crippen LogP contribution in [0.3, 0.4) is 0 Å². The van der Waals surface area contributed by atoms with Crippen LogP contribution in [0.1, 0.15) is 6.92 Å². The fraction of sp³-hybridized carbons (Fsp3) is 0.500. The summed E-state index contributed by atoms with van der Waals surface area (Å²) in [6.45, 7) is 0.753. The fourth-order valence-corrected chi connectivity index (χ4v) is 1.16. The molecule has 0 rings (SSSR count). The Hall–Kier alpha value is -2.07. The Balaban J connectivity index is 4.55. The van der Waals surface area contributed by atoms with E-state index in [9.17, 15) is 14.4 Å². The number of amides is 2. The zero-order valence-corrected chi connectivity index (χ0v) is 9.47. The molecule has 0 heterocycles. The first kappa shape index (κ1) is 14.9. The molecule has 2 amide bonds. The van der Waals surface area contributed by atoms with Crippen LogP contribution in [-0.2, 0) is 14.4 Å². The van der Waals surface area contributed by atoms with Crippen LogP contribution in [0.4, 0.5) is 0 Å². The lowest BCUT2D eigenvalue weighted by Crippen LogP contribution is -2.50. The van der Waals surface area contributed by atoms with E-state index in [1.807, 2.05) is 0 Å². The molecule has 0 spiro atoms. The molecular weight excluding hydrogens is 226 g/mol. The van der Waals surface area contributed by atoms with Gasteiger partial charge in [0.05, 0.1) is 25.7 Å². The highest BCUT2D eigenvalue weighted by molar-refractivity contribution is 5.84. The quantitative estimate of drug-likeness (QED) is 0.446. The highest BCUT2D eigenvalue weighted by Crippen LogP contribution is 1.98. The molecule has 0 radical (unpaired) electrons. The van der Waals surface area contributed by atoms with Gasteiger partial charge in [0.2, 0.25) is 11.8 Å². The van der Waals surface area contributed by atoms with Gasteiger partial charge in [0.15, 0.2) is 0 Å². The molecule has 1 atom stereocenters. The summed E-state index contributed by atoms with van der Waals surface area (Å²) in [5.41, 5.74) is 4.97. The van der Waals surface area contributed by atoms with Crippen LogP contribution in [0.2, 0.25) is 0 Å². The van der Waals surface area contributed by atoms with Crippen molar-refractivity contribution in [2.24, 2.45) is 5.73 Å². The predicted molar refractivity (Wildman–Crippen MR) is 59.7 cm³/mol. The van der Waals surface area contributed by atoms with Gasteiger partial charge in [-0.2, -0.15) is 0 Å². The molecule has 4 N–H and O–H groups in total. The van der Waals surface area contributed by atoms with Gasteiger partial charge in [-0.05, 0) is 6.92 Å². The third-order valence-corrected chi connectivity index (χ3v) is 1.99. The fourth-order valence-electron chi connectivity index (χ4n) is 1.16. The average molecular weight is 241 g/mol. The molecule has 0 bridgehead atoms. The van der Waals surface area contributed by atoms with Crippen molar-refractivity contribution in [1.29, 1.82) is 0 Å². The summed E-state index contributed by atoms with van der Waals surface area (Å²) in [7, 11) is 0. The van der Waals surface area contributed by atoms with Crippen molar-refractivity contribution in [3.05, 3.63) is 0 Å². The number of carbonyl (C=O) groups is 3. The molecule has 0 aliphatic rings. The van der Waals surface area contributed by atoms with Crippen molar-refractivity contribution in [1.82, 2.24) is 10.2 Å². The summed E-state index contributed by atoms with van der Waals surface area (Å²) in [5.74, 6) is -0.0936. The third kappa shape index (κ3) is 6.17. The minimum absolute atomic E-state index is 0.0423. The molecule has 0 saturated heterocycles. The molecule has 0 aromatic rings. The molecular formula is C10H15N3O4. The molecule has 17 heavy (non-hydrogen) atoms. The van der Waals surface area contributed by atoms with Crippen molar-refractivity contribution in [3.63, 3.8) is 0 Å². The number of hydrogen-bond donors (Lipinski definition) is 3. The van der Waals surface area contributed by atoms with Gasteiger partial charge in [-0.15, -0.1) is 6.42 Å². The molecule has 0 saturated carbocycles. The van der Waals surface area contributed by atoms with Crippen LogP contribution in [0.25, 0.3) is 0 Å². The summed E-state index contributed by atoms with van der Waals surface area (Å²) in [5, 5.41) is 11.0. The van der Waals surface area contributed by atoms with Crippen LogP contribution >= 0.6 is 0 Å². The summed E-state index contributed by atoms with van der Waals surface area (Å²) >= 11 is 0. The third-order valence-electron chi connectivity index (χ3n) is 1.99. The Morgan fingerprint density at radius 2 is 2.06 bits per heavy atom. The van der Waals surface area contributed by atoms with Crippen molar-refractivity contribution in [3.8, 4) is 12.3 Å². The van der Waals surface area contributed by atoms with Crippen LogP contribution < -0.4 is 11.1 Å². The predicted octanol–water partition coefficient (Wildman–Crippen LogP) is -2.00. The maximum absolute atomic E-state index is 11.5. The Morgan fingerprint density at radius 1 is 1.47 bits per heavy atom. The summed E-state index contributed by atoms with van der Waals surface area (Å²) in [6.07, 6.45) is 4.97. The topological polar surface area (TPSA) is 113 Å². The second kappa shape index (κ2) is 7.24. The number of rotatable bonds is 7. The van der Waals surface area contributed by atoms with Gasteiger partial charge >= 0.3 is 5.97 Å². The van der Waals surface area contributed by atoms with Gasteiger partial charge in [-0.3, -0.25) is 19.3 Å². The number of carboxylic acids is 1. The molecule has 0 aliphatic heterocycles. The van der Waals surface area contributed by atoms with Gasteiger partial charge in [-0.25, -0.2) is 0 Å². The van der Waals surface area contributed by atoms with E-state index in [2.05, 4.69) is 11.2 Å². The van der Waals surface area contributed by atoms with Crippen LogP contribution in [0.15, 0.2) is 0 Å². The van der Waals surface area contributed by atoms with E-state index < -0.39 is 30.4 Å². The lowest BCUT2D eigenvalue weighted by atomic mass is 10.2. The first-order valence-corrected chi connectivity index (χ1v) is 4.83. The largest absolute Gasteiger partial charge is 0.480 e. The lowest BCUT2D eigenvalue weighted by molar-refractivity contribution is -0.140. The van der Waals surface area contributed by atoms with E-state index in [1.54, 1.807) is 0 Å². The minimum atomic E-state index is -1.15. The first-order valence-electron chi connectivity index (χ1n) is 4.83. The van der Waals surface area contributed by atoms with Crippen LogP contribution in [0, 0.1) is 12.3 Å². The second-order valence-electron chi connectivity index (χ2n) is 3.36. The van der Waals surface area contributed by atoms with Crippen molar-refractivity contribution < 1.29 is 19.5 Å². The number of nitrogens with two attached hydrogens (primary N) is 1. The smallest absolute Gasteiger partial charge is 0.317 e. The Bertz CT molecular complexity index is 332. The van der Waals surface area contributed by atoms with E-state index >= 15 is 0 Å². The van der Waals surface area contributed by atoms with Crippen molar-refractivity contribution in [2.45, 2.75) is 13.0 Å². The van der Waals surface area contributed by atoms with Gasteiger partial charge in [0.1, 0.15) is 0 Å². The van der Waals surface area contributed by atoms with Crippen LogP contribution in [-0.4, -0.2) is 53.5 Å². The van der Waals surface area contributed by atoms with Crippen LogP contribution in [0.5, 0.6) is 0 Å². The molecule has 0 fully saturated rings. The molecule has 94 valence electrons. The van der Waals surface area contributed by atoms with Crippen molar-refractivity contribution >= 4 is 17.8 Å². The number of aliphatic carboxylic acids is 1. The summed E-state index contributed by atoms with van der Waals surface area (Å²) in [4.78, 5) is 34.0. The normalized spacial score (nSPS) is 11.6. The zero-order chi connectivity index (χ0) is 13.4. The van der Waals surface area contributed by atoms with E-state index in [0.717, 1.165) is 4.90 Å². The maximum Gasteiger partial charge on any atom is 0.317 e. The average Bonchev–Trinajstić information content (AvgIpc) is 2.22. The first-order chi connectivity index (χ1) is 7.88. The highest BCUT2D eigenvalue weighted by atomic mass is 16.4. The molecule has 0 aromatic heterocycles. The number of nitrogens with one attached hydrogen (secondary N) is 1. The van der Waals surface area contributed by atoms with E-state index in [1.165, 1.54) is 6.92 Å². The summed E-state index contributed by atoms with van der Waals surface area (Å²) in [6, 6.07) is -0.799. The SMILES string of the molecule is C#CCNC(=O)C(C)N(CC(N)=O)CC(=O)O. The highest BCUT2D eigenvalue weighted by Gasteiger charge is 2.24. The Labute approximate surface area is 99.0 Å². The van der Waals surface area contributed by atoms with E-state index in [0.29, 0.717) is 0 Å². The number of nitrogens with zero attached hydrogens (tertiary/aromatic N) is 1. The lowest BCUT2D eigenvalue weighted by Gasteiger charge is -2.24. The van der Waals surface area contributed by atoms with E-state index in [4.69, 9.17) is 17.3 Å².